The molecule has 0 radical (unpaired) electrons. The van der Waals surface area contributed by atoms with E-state index in [1.54, 1.807) is 0 Å². The molecule has 2 N–H and O–H groups in total. The van der Waals surface area contributed by atoms with Crippen molar-refractivity contribution in [3.63, 3.8) is 0 Å². The lowest BCUT2D eigenvalue weighted by atomic mass is 10.0. The SMILES string of the molecule is CCc1cnc(CCNC(=NC)NCC2CCCCN2CC)s1.I. The first-order chi connectivity index (χ1) is 11.3. The quantitative estimate of drug-likeness (QED) is 0.370. The molecule has 1 aliphatic rings. The van der Waals surface area contributed by atoms with Gasteiger partial charge in [-0.25, -0.2) is 4.98 Å². The average molecular weight is 465 g/mol. The van der Waals surface area contributed by atoms with Gasteiger partial charge in [-0.1, -0.05) is 20.3 Å². The van der Waals surface area contributed by atoms with E-state index in [0.29, 0.717) is 6.04 Å². The molecule has 0 aromatic carbocycles. The summed E-state index contributed by atoms with van der Waals surface area (Å²) < 4.78 is 0. The standard InChI is InChI=1S/C17H31N5S.HI/c1-4-15-13-20-16(23-15)9-10-19-17(18-3)21-12-14-8-6-7-11-22(14)5-2;/h13-14H,4-12H2,1-3H3,(H2,18,19,21);1H. The number of likely N-dealkylation sites (N-methyl/N-ethyl adjacent to an activating group) is 1. The summed E-state index contributed by atoms with van der Waals surface area (Å²) in [5, 5.41) is 8.09. The normalized spacial score (nSPS) is 19.0. The number of piperidine rings is 1. The van der Waals surface area contributed by atoms with Crippen molar-refractivity contribution < 1.29 is 0 Å². The van der Waals surface area contributed by atoms with Gasteiger partial charge in [0.15, 0.2) is 5.96 Å². The highest BCUT2D eigenvalue weighted by atomic mass is 127. The second-order valence-corrected chi connectivity index (χ2v) is 7.18. The summed E-state index contributed by atoms with van der Waals surface area (Å²) in [6.45, 7) is 8.65. The van der Waals surface area contributed by atoms with Gasteiger partial charge in [-0.05, 0) is 32.4 Å². The number of likely N-dealkylation sites (tertiary alicyclic amines) is 1. The average Bonchev–Trinajstić information content (AvgIpc) is 3.06. The molecule has 1 saturated heterocycles. The Morgan fingerprint density at radius 3 is 2.88 bits per heavy atom. The molecule has 0 amide bonds. The first-order valence-electron chi connectivity index (χ1n) is 8.89. The van der Waals surface area contributed by atoms with Crippen LogP contribution in [0, 0.1) is 0 Å². The van der Waals surface area contributed by atoms with Crippen molar-refractivity contribution in [3.8, 4) is 0 Å². The lowest BCUT2D eigenvalue weighted by molar-refractivity contribution is 0.157. The van der Waals surface area contributed by atoms with E-state index in [4.69, 9.17) is 0 Å². The Balaban J connectivity index is 0.00000288. The van der Waals surface area contributed by atoms with Gasteiger partial charge in [0.1, 0.15) is 0 Å². The Kier molecular flexibility index (Phi) is 10.8. The Morgan fingerprint density at radius 1 is 1.38 bits per heavy atom. The molecule has 1 aliphatic heterocycles. The number of nitrogens with one attached hydrogen (secondary N) is 2. The highest BCUT2D eigenvalue weighted by molar-refractivity contribution is 14.0. The number of hydrogen-bond acceptors (Lipinski definition) is 4. The molecule has 138 valence electrons. The van der Waals surface area contributed by atoms with Crippen LogP contribution < -0.4 is 10.6 Å². The lowest BCUT2D eigenvalue weighted by Crippen LogP contribution is -2.49. The fourth-order valence-corrected chi connectivity index (χ4v) is 3.92. The number of guanidine groups is 1. The van der Waals surface area contributed by atoms with Crippen LogP contribution in [-0.2, 0) is 12.8 Å². The second-order valence-electron chi connectivity index (χ2n) is 5.98. The monoisotopic (exact) mass is 465 g/mol. The molecule has 0 saturated carbocycles. The largest absolute Gasteiger partial charge is 0.356 e. The first-order valence-corrected chi connectivity index (χ1v) is 9.70. The van der Waals surface area contributed by atoms with E-state index in [-0.39, 0.29) is 24.0 Å². The third kappa shape index (κ3) is 6.84. The fraction of sp³-hybridized carbons (Fsp3) is 0.765. The predicted octanol–water partition coefficient (Wildman–Crippen LogP) is 2.91. The van der Waals surface area contributed by atoms with Crippen LogP contribution in [0.2, 0.25) is 0 Å². The van der Waals surface area contributed by atoms with Crippen molar-refractivity contribution in [2.75, 3.05) is 33.2 Å². The van der Waals surface area contributed by atoms with E-state index in [2.05, 4.69) is 39.4 Å². The molecule has 2 heterocycles. The molecular weight excluding hydrogens is 433 g/mol. The number of aromatic nitrogens is 1. The summed E-state index contributed by atoms with van der Waals surface area (Å²) in [5.74, 6) is 0.902. The van der Waals surface area contributed by atoms with Gasteiger partial charge in [0.25, 0.3) is 0 Å². The van der Waals surface area contributed by atoms with Crippen molar-refractivity contribution in [1.82, 2.24) is 20.5 Å². The van der Waals surface area contributed by atoms with Gasteiger partial charge in [0.05, 0.1) is 5.01 Å². The zero-order valence-electron chi connectivity index (χ0n) is 15.2. The van der Waals surface area contributed by atoms with Crippen molar-refractivity contribution in [3.05, 3.63) is 16.1 Å². The molecule has 1 fully saturated rings. The Hall–Kier alpha value is -0.410. The molecule has 0 bridgehead atoms. The Bertz CT molecular complexity index is 491. The number of rotatable bonds is 7. The zero-order chi connectivity index (χ0) is 16.5. The molecule has 1 aromatic heterocycles. The highest BCUT2D eigenvalue weighted by Crippen LogP contribution is 2.15. The molecule has 1 atom stereocenters. The van der Waals surface area contributed by atoms with Crippen molar-refractivity contribution in [2.45, 2.75) is 52.0 Å². The Labute approximate surface area is 167 Å². The van der Waals surface area contributed by atoms with E-state index >= 15 is 0 Å². The van der Waals surface area contributed by atoms with E-state index < -0.39 is 0 Å². The van der Waals surface area contributed by atoms with Crippen molar-refractivity contribution >= 4 is 41.3 Å². The van der Waals surface area contributed by atoms with Crippen LogP contribution >= 0.6 is 35.3 Å². The number of hydrogen-bond donors (Lipinski definition) is 2. The molecule has 7 heteroatoms. The van der Waals surface area contributed by atoms with E-state index in [9.17, 15) is 0 Å². The first kappa shape index (κ1) is 21.6. The van der Waals surface area contributed by atoms with Crippen LogP contribution in [0.1, 0.15) is 43.0 Å². The van der Waals surface area contributed by atoms with E-state index in [1.165, 1.54) is 35.7 Å². The topological polar surface area (TPSA) is 52.6 Å². The van der Waals surface area contributed by atoms with Gasteiger partial charge in [0, 0.05) is 43.7 Å². The van der Waals surface area contributed by atoms with Crippen LogP contribution in [0.5, 0.6) is 0 Å². The number of aryl methyl sites for hydroxylation is 1. The number of thiazole rings is 1. The lowest BCUT2D eigenvalue weighted by Gasteiger charge is -2.35. The maximum absolute atomic E-state index is 4.46. The molecule has 24 heavy (non-hydrogen) atoms. The Morgan fingerprint density at radius 2 is 2.21 bits per heavy atom. The minimum atomic E-state index is 0. The predicted molar refractivity (Wildman–Crippen MR) is 115 cm³/mol. The summed E-state index contributed by atoms with van der Waals surface area (Å²) in [6.07, 6.45) is 8.00. The minimum Gasteiger partial charge on any atom is -0.356 e. The van der Waals surface area contributed by atoms with Gasteiger partial charge in [-0.2, -0.15) is 0 Å². The summed E-state index contributed by atoms with van der Waals surface area (Å²) in [4.78, 5) is 12.7. The summed E-state index contributed by atoms with van der Waals surface area (Å²) >= 11 is 1.81. The van der Waals surface area contributed by atoms with Crippen LogP contribution in [0.25, 0.3) is 0 Å². The zero-order valence-corrected chi connectivity index (χ0v) is 18.3. The molecule has 2 rings (SSSR count). The molecule has 1 unspecified atom stereocenters. The van der Waals surface area contributed by atoms with Crippen LogP contribution in [0.4, 0.5) is 0 Å². The smallest absolute Gasteiger partial charge is 0.191 e. The number of aliphatic imine (C=N–C) groups is 1. The molecule has 0 aliphatic carbocycles. The van der Waals surface area contributed by atoms with Gasteiger partial charge in [0.2, 0.25) is 0 Å². The molecule has 5 nitrogen and oxygen atoms in total. The maximum Gasteiger partial charge on any atom is 0.191 e. The maximum atomic E-state index is 4.46. The number of nitrogens with zero attached hydrogens (tertiary/aromatic N) is 3. The van der Waals surface area contributed by atoms with Crippen molar-refractivity contribution in [1.29, 1.82) is 0 Å². The van der Waals surface area contributed by atoms with Crippen LogP contribution in [0.3, 0.4) is 0 Å². The summed E-state index contributed by atoms with van der Waals surface area (Å²) in [6, 6.07) is 0.637. The van der Waals surface area contributed by atoms with Crippen LogP contribution in [-0.4, -0.2) is 55.1 Å². The van der Waals surface area contributed by atoms with Crippen LogP contribution in [0.15, 0.2) is 11.2 Å². The van der Waals surface area contributed by atoms with Gasteiger partial charge in [-0.15, -0.1) is 35.3 Å². The summed E-state index contributed by atoms with van der Waals surface area (Å²) in [5.41, 5.74) is 0. The fourth-order valence-electron chi connectivity index (χ4n) is 3.06. The molecule has 1 aromatic rings. The number of halogens is 1. The third-order valence-corrected chi connectivity index (χ3v) is 5.67. The van der Waals surface area contributed by atoms with E-state index in [1.807, 2.05) is 24.6 Å². The molecule has 0 spiro atoms. The summed E-state index contributed by atoms with van der Waals surface area (Å²) in [7, 11) is 1.84. The highest BCUT2D eigenvalue weighted by Gasteiger charge is 2.20. The van der Waals surface area contributed by atoms with Crippen molar-refractivity contribution in [2.24, 2.45) is 4.99 Å². The molecular formula is C17H32IN5S. The van der Waals surface area contributed by atoms with Gasteiger partial charge < -0.3 is 10.6 Å². The van der Waals surface area contributed by atoms with E-state index in [0.717, 1.165) is 38.4 Å². The third-order valence-electron chi connectivity index (χ3n) is 4.47. The second kappa shape index (κ2) is 12.0. The van der Waals surface area contributed by atoms with Gasteiger partial charge in [-0.3, -0.25) is 9.89 Å². The van der Waals surface area contributed by atoms with Gasteiger partial charge >= 0.3 is 0 Å². The minimum absolute atomic E-state index is 0.